The van der Waals surface area contributed by atoms with Crippen molar-refractivity contribution in [3.8, 4) is 0 Å². The van der Waals surface area contributed by atoms with Crippen LogP contribution in [-0.2, 0) is 17.8 Å². The number of nitrogens with zero attached hydrogens (tertiary/aromatic N) is 2. The molecule has 0 spiro atoms. The Balaban J connectivity index is 2.25. The number of amides is 1. The molecule has 1 N–H and O–H groups in total. The van der Waals surface area contributed by atoms with Gasteiger partial charge in [-0.1, -0.05) is 0 Å². The summed E-state index contributed by atoms with van der Waals surface area (Å²) >= 11 is 5.79. The van der Waals surface area contributed by atoms with Gasteiger partial charge in [0.2, 0.25) is 5.91 Å². The summed E-state index contributed by atoms with van der Waals surface area (Å²) in [5.41, 5.74) is 1.42. The Morgan fingerprint density at radius 2 is 2.24 bits per heavy atom. The number of rotatable bonds is 6. The predicted molar refractivity (Wildman–Crippen MR) is 82.0 cm³/mol. The second kappa shape index (κ2) is 6.89. The molecule has 114 valence electrons. The predicted octanol–water partition coefficient (Wildman–Crippen LogP) is 2.87. The molecule has 21 heavy (non-hydrogen) atoms. The van der Waals surface area contributed by atoms with E-state index in [0.29, 0.717) is 30.8 Å². The third-order valence-electron chi connectivity index (χ3n) is 3.12. The minimum absolute atomic E-state index is 0.0277. The maximum atomic E-state index is 13.4. The van der Waals surface area contributed by atoms with Gasteiger partial charge in [0.1, 0.15) is 11.6 Å². The van der Waals surface area contributed by atoms with Crippen LogP contribution in [0.4, 0.5) is 4.39 Å². The lowest BCUT2D eigenvalue weighted by molar-refractivity contribution is -0.121. The van der Waals surface area contributed by atoms with E-state index in [-0.39, 0.29) is 17.8 Å². The molecule has 0 saturated carbocycles. The second-order valence-electron chi connectivity index (χ2n) is 5.22. The van der Waals surface area contributed by atoms with Gasteiger partial charge in [0.25, 0.3) is 0 Å². The number of halogens is 2. The molecule has 1 amide bonds. The van der Waals surface area contributed by atoms with E-state index in [2.05, 4.69) is 10.3 Å². The van der Waals surface area contributed by atoms with Gasteiger partial charge < -0.3 is 9.88 Å². The summed E-state index contributed by atoms with van der Waals surface area (Å²) in [6, 6.07) is 4.58. The Labute approximate surface area is 128 Å². The Hall–Kier alpha value is -1.62. The molecule has 0 bridgehead atoms. The summed E-state index contributed by atoms with van der Waals surface area (Å²) in [5, 5.41) is 2.84. The van der Waals surface area contributed by atoms with Crippen molar-refractivity contribution in [2.75, 3.05) is 5.88 Å². The van der Waals surface area contributed by atoms with Crippen LogP contribution >= 0.6 is 11.6 Å². The second-order valence-corrected chi connectivity index (χ2v) is 5.60. The number of hydrogen-bond acceptors (Lipinski definition) is 2. The van der Waals surface area contributed by atoms with Gasteiger partial charge >= 0.3 is 0 Å². The SMILES string of the molecule is CC(C)NC(=O)CCn1c(CCCl)nc2ccc(F)cc21. The van der Waals surface area contributed by atoms with Gasteiger partial charge in [-0.25, -0.2) is 9.37 Å². The van der Waals surface area contributed by atoms with Crippen molar-refractivity contribution in [3.05, 3.63) is 29.8 Å². The van der Waals surface area contributed by atoms with Crippen LogP contribution in [0.5, 0.6) is 0 Å². The van der Waals surface area contributed by atoms with Gasteiger partial charge in [-0.15, -0.1) is 11.6 Å². The Morgan fingerprint density at radius 3 is 2.90 bits per heavy atom. The molecule has 4 nitrogen and oxygen atoms in total. The van der Waals surface area contributed by atoms with Crippen molar-refractivity contribution in [3.63, 3.8) is 0 Å². The monoisotopic (exact) mass is 311 g/mol. The fourth-order valence-electron chi connectivity index (χ4n) is 2.28. The average molecular weight is 312 g/mol. The molecule has 2 rings (SSSR count). The molecule has 0 aliphatic heterocycles. The van der Waals surface area contributed by atoms with E-state index >= 15 is 0 Å². The third-order valence-corrected chi connectivity index (χ3v) is 3.31. The summed E-state index contributed by atoms with van der Waals surface area (Å²) in [4.78, 5) is 16.2. The number of carbonyl (C=O) groups is 1. The number of alkyl halides is 1. The van der Waals surface area contributed by atoms with Crippen molar-refractivity contribution in [1.82, 2.24) is 14.9 Å². The summed E-state index contributed by atoms with van der Waals surface area (Å²) in [6.45, 7) is 4.29. The van der Waals surface area contributed by atoms with Crippen molar-refractivity contribution < 1.29 is 9.18 Å². The first-order valence-electron chi connectivity index (χ1n) is 7.01. The lowest BCUT2D eigenvalue weighted by Gasteiger charge is -2.11. The van der Waals surface area contributed by atoms with Gasteiger partial charge in [0.05, 0.1) is 11.0 Å². The van der Waals surface area contributed by atoms with Crippen LogP contribution in [0, 0.1) is 5.82 Å². The normalized spacial score (nSPS) is 11.3. The van der Waals surface area contributed by atoms with Crippen molar-refractivity contribution in [2.45, 2.75) is 39.3 Å². The van der Waals surface area contributed by atoms with Gasteiger partial charge in [0.15, 0.2) is 0 Å². The van der Waals surface area contributed by atoms with E-state index in [1.165, 1.54) is 12.1 Å². The molecule has 0 saturated heterocycles. The average Bonchev–Trinajstić information content (AvgIpc) is 2.73. The Bertz CT molecular complexity index is 639. The van der Waals surface area contributed by atoms with Crippen molar-refractivity contribution in [1.29, 1.82) is 0 Å². The molecule has 1 aromatic heterocycles. The zero-order valence-corrected chi connectivity index (χ0v) is 13.0. The fourth-order valence-corrected chi connectivity index (χ4v) is 2.45. The van der Waals surface area contributed by atoms with Gasteiger partial charge in [-0.3, -0.25) is 4.79 Å². The third kappa shape index (κ3) is 3.94. The van der Waals surface area contributed by atoms with E-state index in [4.69, 9.17) is 11.6 Å². The Morgan fingerprint density at radius 1 is 1.48 bits per heavy atom. The summed E-state index contributed by atoms with van der Waals surface area (Å²) in [6.07, 6.45) is 0.916. The zero-order valence-electron chi connectivity index (χ0n) is 12.2. The van der Waals surface area contributed by atoms with Crippen LogP contribution in [0.2, 0.25) is 0 Å². The molecule has 6 heteroatoms. The maximum Gasteiger partial charge on any atom is 0.221 e. The van der Waals surface area contributed by atoms with Gasteiger partial charge in [-0.05, 0) is 32.0 Å². The lowest BCUT2D eigenvalue weighted by Crippen LogP contribution is -2.30. The fraction of sp³-hybridized carbons (Fsp3) is 0.467. The number of hydrogen-bond donors (Lipinski definition) is 1. The van der Waals surface area contributed by atoms with E-state index < -0.39 is 0 Å². The molecule has 0 radical (unpaired) electrons. The summed E-state index contributed by atoms with van der Waals surface area (Å²) in [7, 11) is 0. The summed E-state index contributed by atoms with van der Waals surface area (Å²) < 4.78 is 15.3. The molecule has 0 atom stereocenters. The standard InChI is InChI=1S/C15H19ClFN3O/c1-10(2)18-15(21)6-8-20-13-9-11(17)3-4-12(13)19-14(20)5-7-16/h3-4,9-10H,5-8H2,1-2H3,(H,18,21). The van der Waals surface area contributed by atoms with Crippen LogP contribution in [0.25, 0.3) is 11.0 Å². The van der Waals surface area contributed by atoms with Crippen LogP contribution < -0.4 is 5.32 Å². The maximum absolute atomic E-state index is 13.4. The topological polar surface area (TPSA) is 46.9 Å². The first kappa shape index (κ1) is 15.8. The summed E-state index contributed by atoms with van der Waals surface area (Å²) in [5.74, 6) is 0.875. The van der Waals surface area contributed by atoms with E-state index in [0.717, 1.165) is 11.3 Å². The quantitative estimate of drug-likeness (QED) is 0.834. The molecule has 0 aliphatic rings. The first-order chi connectivity index (χ1) is 10.0. The number of carbonyl (C=O) groups excluding carboxylic acids is 1. The van der Waals surface area contributed by atoms with Crippen molar-refractivity contribution >= 4 is 28.5 Å². The van der Waals surface area contributed by atoms with Crippen LogP contribution in [0.1, 0.15) is 26.1 Å². The van der Waals surface area contributed by atoms with E-state index in [1.807, 2.05) is 18.4 Å². The lowest BCUT2D eigenvalue weighted by atomic mass is 10.3. The van der Waals surface area contributed by atoms with Crippen LogP contribution in [-0.4, -0.2) is 27.4 Å². The highest BCUT2D eigenvalue weighted by Gasteiger charge is 2.13. The molecule has 0 fully saturated rings. The molecular formula is C15H19ClFN3O. The van der Waals surface area contributed by atoms with Gasteiger partial charge in [-0.2, -0.15) is 0 Å². The molecule has 2 aromatic rings. The van der Waals surface area contributed by atoms with Crippen LogP contribution in [0.3, 0.4) is 0 Å². The molecule has 0 aliphatic carbocycles. The van der Waals surface area contributed by atoms with Gasteiger partial charge in [0, 0.05) is 31.3 Å². The van der Waals surface area contributed by atoms with E-state index in [1.54, 1.807) is 6.07 Å². The molecule has 1 aromatic carbocycles. The van der Waals surface area contributed by atoms with E-state index in [9.17, 15) is 9.18 Å². The molecular weight excluding hydrogens is 293 g/mol. The highest BCUT2D eigenvalue weighted by atomic mass is 35.5. The Kier molecular flexibility index (Phi) is 5.17. The zero-order chi connectivity index (χ0) is 15.4. The minimum Gasteiger partial charge on any atom is -0.354 e. The molecule has 0 unspecified atom stereocenters. The smallest absolute Gasteiger partial charge is 0.221 e. The highest BCUT2D eigenvalue weighted by Crippen LogP contribution is 2.19. The van der Waals surface area contributed by atoms with Crippen molar-refractivity contribution in [2.24, 2.45) is 0 Å². The number of nitrogens with one attached hydrogen (secondary N) is 1. The number of imidazole rings is 1. The molecule has 1 heterocycles. The number of fused-ring (bicyclic) bond motifs is 1. The minimum atomic E-state index is -0.312. The largest absolute Gasteiger partial charge is 0.354 e. The number of benzene rings is 1. The number of aromatic nitrogens is 2. The van der Waals surface area contributed by atoms with Crippen LogP contribution in [0.15, 0.2) is 18.2 Å². The number of aryl methyl sites for hydroxylation is 2. The highest BCUT2D eigenvalue weighted by molar-refractivity contribution is 6.17. The first-order valence-corrected chi connectivity index (χ1v) is 7.54.